The summed E-state index contributed by atoms with van der Waals surface area (Å²) in [6, 6.07) is 0. The standard InChI is InChI=1S/C14H17Cl2N3O3/c15-10-4-12(21)11(20)3-9(10)5-14(22,13(16)1-2-13)6-19-8-17-7-18-19/h3-4,7-8,11-12,20-22H,1-2,5-6H2. The van der Waals surface area contributed by atoms with Crippen LogP contribution in [0.5, 0.6) is 0 Å². The normalized spacial score (nSPS) is 29.5. The van der Waals surface area contributed by atoms with Crippen LogP contribution in [0.3, 0.4) is 0 Å². The number of aromatic nitrogens is 3. The first kappa shape index (κ1) is 16.0. The second-order valence-electron chi connectivity index (χ2n) is 5.95. The molecule has 2 aliphatic carbocycles. The largest absolute Gasteiger partial charge is 0.386 e. The highest BCUT2D eigenvalue weighted by Crippen LogP contribution is 2.54. The zero-order valence-corrected chi connectivity index (χ0v) is 13.2. The Kier molecular flexibility index (Phi) is 4.07. The maximum Gasteiger partial charge on any atom is 0.137 e. The molecule has 1 saturated carbocycles. The first-order valence-electron chi connectivity index (χ1n) is 7.01. The highest BCUT2D eigenvalue weighted by Gasteiger charge is 2.58. The molecule has 0 bridgehead atoms. The van der Waals surface area contributed by atoms with E-state index in [1.54, 1.807) is 0 Å². The Morgan fingerprint density at radius 1 is 1.32 bits per heavy atom. The minimum atomic E-state index is -1.27. The summed E-state index contributed by atoms with van der Waals surface area (Å²) in [4.78, 5) is 3.13. The summed E-state index contributed by atoms with van der Waals surface area (Å²) in [5.41, 5.74) is -0.710. The second-order valence-corrected chi connectivity index (χ2v) is 7.09. The third kappa shape index (κ3) is 2.94. The summed E-state index contributed by atoms with van der Waals surface area (Å²) in [6.45, 7) is 0.177. The van der Waals surface area contributed by atoms with Gasteiger partial charge >= 0.3 is 0 Å². The molecule has 1 fully saturated rings. The number of hydrogen-bond acceptors (Lipinski definition) is 5. The Balaban J connectivity index is 1.85. The van der Waals surface area contributed by atoms with Crippen molar-refractivity contribution in [2.24, 2.45) is 0 Å². The molecule has 0 aromatic carbocycles. The zero-order valence-electron chi connectivity index (χ0n) is 11.7. The molecule has 3 atom stereocenters. The Morgan fingerprint density at radius 2 is 2.00 bits per heavy atom. The van der Waals surface area contributed by atoms with Gasteiger partial charge in [-0.05, 0) is 30.6 Å². The third-order valence-electron chi connectivity index (χ3n) is 4.24. The number of hydrogen-bond donors (Lipinski definition) is 3. The van der Waals surface area contributed by atoms with Crippen molar-refractivity contribution in [1.29, 1.82) is 0 Å². The summed E-state index contributed by atoms with van der Waals surface area (Å²) >= 11 is 12.6. The van der Waals surface area contributed by atoms with E-state index in [9.17, 15) is 15.3 Å². The van der Waals surface area contributed by atoms with Crippen LogP contribution in [0.1, 0.15) is 19.3 Å². The van der Waals surface area contributed by atoms with Crippen molar-refractivity contribution >= 4 is 23.2 Å². The van der Waals surface area contributed by atoms with E-state index in [-0.39, 0.29) is 13.0 Å². The summed E-state index contributed by atoms with van der Waals surface area (Å²) in [6.07, 6.45) is 5.20. The van der Waals surface area contributed by atoms with Gasteiger partial charge in [-0.25, -0.2) is 9.67 Å². The molecule has 0 spiro atoms. The highest BCUT2D eigenvalue weighted by atomic mass is 35.5. The van der Waals surface area contributed by atoms with Crippen LogP contribution in [0, 0.1) is 0 Å². The fourth-order valence-corrected chi connectivity index (χ4v) is 3.19. The van der Waals surface area contributed by atoms with Crippen LogP contribution in [-0.4, -0.2) is 52.8 Å². The van der Waals surface area contributed by atoms with Crippen LogP contribution < -0.4 is 0 Å². The molecule has 8 heteroatoms. The molecule has 0 aliphatic heterocycles. The number of nitrogens with zero attached hydrogens (tertiary/aromatic N) is 3. The molecule has 1 heterocycles. The Bertz CT molecular complexity index is 613. The van der Waals surface area contributed by atoms with Crippen LogP contribution in [0.15, 0.2) is 35.4 Å². The predicted octanol–water partition coefficient (Wildman–Crippen LogP) is 0.955. The van der Waals surface area contributed by atoms with Crippen LogP contribution in [0.25, 0.3) is 0 Å². The van der Waals surface area contributed by atoms with E-state index >= 15 is 0 Å². The topological polar surface area (TPSA) is 91.4 Å². The van der Waals surface area contributed by atoms with Crippen LogP contribution in [0.4, 0.5) is 0 Å². The smallest absolute Gasteiger partial charge is 0.137 e. The fraction of sp³-hybridized carbons (Fsp3) is 0.571. The molecule has 0 saturated heterocycles. The Hall–Kier alpha value is -0.920. The minimum absolute atomic E-state index is 0.162. The Morgan fingerprint density at radius 3 is 2.59 bits per heavy atom. The van der Waals surface area contributed by atoms with Crippen molar-refractivity contribution in [2.45, 2.75) is 48.5 Å². The molecular weight excluding hydrogens is 329 g/mol. The highest BCUT2D eigenvalue weighted by molar-refractivity contribution is 6.32. The maximum absolute atomic E-state index is 11.1. The summed E-state index contributed by atoms with van der Waals surface area (Å²) in [5, 5.41) is 34.8. The number of alkyl halides is 1. The fourth-order valence-electron chi connectivity index (χ4n) is 2.71. The van der Waals surface area contributed by atoms with Gasteiger partial charge < -0.3 is 15.3 Å². The average molecular weight is 346 g/mol. The lowest BCUT2D eigenvalue weighted by Crippen LogP contribution is -2.46. The molecule has 3 rings (SSSR count). The number of aliphatic hydroxyl groups excluding tert-OH is 2. The van der Waals surface area contributed by atoms with Crippen LogP contribution in [-0.2, 0) is 6.54 Å². The summed E-state index contributed by atoms with van der Waals surface area (Å²) in [7, 11) is 0. The lowest BCUT2D eigenvalue weighted by molar-refractivity contribution is 0.00721. The van der Waals surface area contributed by atoms with Gasteiger partial charge in [0.05, 0.1) is 11.4 Å². The first-order chi connectivity index (χ1) is 10.3. The van der Waals surface area contributed by atoms with Crippen LogP contribution >= 0.6 is 23.2 Å². The molecule has 0 amide bonds. The van der Waals surface area contributed by atoms with E-state index < -0.39 is 22.7 Å². The Labute approximate surface area is 137 Å². The molecule has 120 valence electrons. The first-order valence-corrected chi connectivity index (χ1v) is 7.77. The number of allylic oxidation sites excluding steroid dienone is 1. The van der Waals surface area contributed by atoms with E-state index in [1.165, 1.54) is 29.5 Å². The van der Waals surface area contributed by atoms with Gasteiger partial charge in [0.1, 0.15) is 30.5 Å². The monoisotopic (exact) mass is 345 g/mol. The lowest BCUT2D eigenvalue weighted by Gasteiger charge is -2.34. The lowest BCUT2D eigenvalue weighted by atomic mass is 9.86. The van der Waals surface area contributed by atoms with Gasteiger partial charge in [0.2, 0.25) is 0 Å². The quantitative estimate of drug-likeness (QED) is 0.691. The van der Waals surface area contributed by atoms with Gasteiger partial charge in [-0.1, -0.05) is 11.6 Å². The molecule has 6 nitrogen and oxygen atoms in total. The number of halogens is 2. The molecule has 1 aromatic heterocycles. The van der Waals surface area contributed by atoms with E-state index in [0.29, 0.717) is 23.4 Å². The molecule has 0 radical (unpaired) electrons. The molecule has 2 aliphatic rings. The number of rotatable bonds is 5. The molecule has 1 aromatic rings. The summed E-state index contributed by atoms with van der Waals surface area (Å²) < 4.78 is 1.52. The van der Waals surface area contributed by atoms with Crippen molar-refractivity contribution in [3.8, 4) is 0 Å². The minimum Gasteiger partial charge on any atom is -0.386 e. The summed E-state index contributed by atoms with van der Waals surface area (Å²) in [5.74, 6) is 0. The zero-order chi connectivity index (χ0) is 16.0. The van der Waals surface area contributed by atoms with Gasteiger partial charge in [0.25, 0.3) is 0 Å². The SMILES string of the molecule is OC1C=C(Cl)C(CC(O)(Cn2cncn2)C2(Cl)CC2)=CC1O. The second kappa shape index (κ2) is 5.62. The van der Waals surface area contributed by atoms with Gasteiger partial charge in [-0.3, -0.25) is 0 Å². The van der Waals surface area contributed by atoms with Gasteiger partial charge in [0.15, 0.2) is 0 Å². The third-order valence-corrected chi connectivity index (χ3v) is 5.34. The van der Waals surface area contributed by atoms with Gasteiger partial charge in [0, 0.05) is 11.5 Å². The predicted molar refractivity (Wildman–Crippen MR) is 81.4 cm³/mol. The van der Waals surface area contributed by atoms with E-state index in [2.05, 4.69) is 10.1 Å². The van der Waals surface area contributed by atoms with E-state index in [0.717, 1.165) is 0 Å². The molecule has 3 unspecified atom stereocenters. The average Bonchev–Trinajstić information content (AvgIpc) is 3.01. The molecule has 22 heavy (non-hydrogen) atoms. The number of aliphatic hydroxyl groups is 3. The van der Waals surface area contributed by atoms with Crippen molar-refractivity contribution in [3.05, 3.63) is 35.4 Å². The van der Waals surface area contributed by atoms with E-state index in [1.807, 2.05) is 0 Å². The van der Waals surface area contributed by atoms with Crippen LogP contribution in [0.2, 0.25) is 0 Å². The van der Waals surface area contributed by atoms with E-state index in [4.69, 9.17) is 23.2 Å². The van der Waals surface area contributed by atoms with Crippen molar-refractivity contribution in [2.75, 3.05) is 0 Å². The van der Waals surface area contributed by atoms with Gasteiger partial charge in [-0.15, -0.1) is 11.6 Å². The van der Waals surface area contributed by atoms with Crippen molar-refractivity contribution in [1.82, 2.24) is 14.8 Å². The molecule has 3 N–H and O–H groups in total. The van der Waals surface area contributed by atoms with Crippen molar-refractivity contribution in [3.63, 3.8) is 0 Å². The molecular formula is C14H17Cl2N3O3. The maximum atomic E-state index is 11.1. The van der Waals surface area contributed by atoms with Crippen molar-refractivity contribution < 1.29 is 15.3 Å². The van der Waals surface area contributed by atoms with Gasteiger partial charge in [-0.2, -0.15) is 5.10 Å².